The lowest BCUT2D eigenvalue weighted by atomic mass is 11.3. The van der Waals surface area contributed by atoms with Crippen LogP contribution in [0.3, 0.4) is 0 Å². The molecule has 6 heavy (non-hydrogen) atoms. The van der Waals surface area contributed by atoms with Crippen molar-refractivity contribution in [3.8, 4) is 0 Å². The van der Waals surface area contributed by atoms with E-state index in [2.05, 4.69) is 31.9 Å². The minimum atomic E-state index is 0.614. The topological polar surface area (TPSA) is 0 Å². The lowest BCUT2D eigenvalue weighted by molar-refractivity contribution is 2.45. The Kier molecular flexibility index (Phi) is 4.75. The minimum absolute atomic E-state index is 0.614. The summed E-state index contributed by atoms with van der Waals surface area (Å²) in [5.74, 6) is 0. The standard InChI is InChI=1S/C2Br2ClI/c3-1(5)2(4)6/b2-1+. The van der Waals surface area contributed by atoms with E-state index in [1.165, 1.54) is 0 Å². The van der Waals surface area contributed by atoms with E-state index in [4.69, 9.17) is 11.6 Å². The predicted molar refractivity (Wildman–Crippen MR) is 44.8 cm³/mol. The van der Waals surface area contributed by atoms with Gasteiger partial charge in [0.05, 0.1) is 2.49 Å². The molecule has 0 amide bonds. The smallest absolute Gasteiger partial charge is 0.0744 e. The van der Waals surface area contributed by atoms with Crippen LogP contribution in [0.5, 0.6) is 0 Å². The second-order valence-electron chi connectivity index (χ2n) is 0.521. The first-order valence-corrected chi connectivity index (χ1v) is 4.05. The van der Waals surface area contributed by atoms with E-state index in [0.29, 0.717) is 3.94 Å². The van der Waals surface area contributed by atoms with Crippen molar-refractivity contribution in [1.29, 1.82) is 0 Å². The van der Waals surface area contributed by atoms with Crippen molar-refractivity contribution in [2.75, 3.05) is 0 Å². The Morgan fingerprint density at radius 2 is 1.67 bits per heavy atom. The van der Waals surface area contributed by atoms with Crippen LogP contribution in [0, 0.1) is 0 Å². The van der Waals surface area contributed by atoms with Gasteiger partial charge in [-0.05, 0) is 54.5 Å². The van der Waals surface area contributed by atoms with Gasteiger partial charge in [-0.1, -0.05) is 11.6 Å². The van der Waals surface area contributed by atoms with Gasteiger partial charge in [0.15, 0.2) is 0 Å². The Balaban J connectivity index is 3.68. The molecule has 0 fully saturated rings. The van der Waals surface area contributed by atoms with Crippen LogP contribution in [0.25, 0.3) is 0 Å². The average molecular weight is 346 g/mol. The van der Waals surface area contributed by atoms with E-state index in [1.807, 2.05) is 22.6 Å². The van der Waals surface area contributed by atoms with Crippen LogP contribution < -0.4 is 0 Å². The Morgan fingerprint density at radius 1 is 1.50 bits per heavy atom. The molecule has 0 unspecified atom stereocenters. The molecule has 0 aromatic heterocycles. The summed E-state index contributed by atoms with van der Waals surface area (Å²) in [6.45, 7) is 0. The maximum atomic E-state index is 5.35. The first kappa shape index (κ1) is 7.72. The normalized spacial score (nSPS) is 14.0. The van der Waals surface area contributed by atoms with Gasteiger partial charge in [-0.15, -0.1) is 0 Å². The van der Waals surface area contributed by atoms with Crippen molar-refractivity contribution in [1.82, 2.24) is 0 Å². The molecule has 0 heterocycles. The monoisotopic (exact) mass is 344 g/mol. The van der Waals surface area contributed by atoms with Crippen molar-refractivity contribution < 1.29 is 0 Å². The largest absolute Gasteiger partial charge is 0.104 e. The van der Waals surface area contributed by atoms with E-state index in [1.54, 1.807) is 0 Å². The van der Waals surface area contributed by atoms with Gasteiger partial charge in [-0.2, -0.15) is 0 Å². The van der Waals surface area contributed by atoms with E-state index in [9.17, 15) is 0 Å². The maximum absolute atomic E-state index is 5.35. The quantitative estimate of drug-likeness (QED) is 0.589. The van der Waals surface area contributed by atoms with Crippen LogP contribution in [-0.2, 0) is 0 Å². The fraction of sp³-hybridized carbons (Fsp3) is 0. The van der Waals surface area contributed by atoms with Crippen LogP contribution in [-0.4, -0.2) is 0 Å². The summed E-state index contributed by atoms with van der Waals surface area (Å²) in [6.07, 6.45) is 0. The molecule has 0 saturated carbocycles. The summed E-state index contributed by atoms with van der Waals surface area (Å²) in [7, 11) is 0. The lowest BCUT2D eigenvalue weighted by Crippen LogP contribution is -1.44. The molecule has 0 bridgehead atoms. The van der Waals surface area contributed by atoms with E-state index >= 15 is 0 Å². The fourth-order valence-electron chi connectivity index (χ4n) is 0. The number of hydrogen-bond donors (Lipinski definition) is 0. The van der Waals surface area contributed by atoms with Gasteiger partial charge in [-0.3, -0.25) is 0 Å². The van der Waals surface area contributed by atoms with E-state index < -0.39 is 0 Å². The zero-order chi connectivity index (χ0) is 5.15. The van der Waals surface area contributed by atoms with Crippen molar-refractivity contribution in [3.63, 3.8) is 0 Å². The van der Waals surface area contributed by atoms with Crippen molar-refractivity contribution in [3.05, 3.63) is 6.43 Å². The SMILES string of the molecule is Cl/C(Br)=C(\Br)I. The van der Waals surface area contributed by atoms with Crippen LogP contribution in [0.2, 0.25) is 0 Å². The zero-order valence-electron chi connectivity index (χ0n) is 2.51. The van der Waals surface area contributed by atoms with Gasteiger partial charge in [-0.25, -0.2) is 0 Å². The molecular weight excluding hydrogens is 346 g/mol. The van der Waals surface area contributed by atoms with Gasteiger partial charge in [0.25, 0.3) is 0 Å². The molecule has 0 N–H and O–H groups in total. The average Bonchev–Trinajstić information content (AvgIpc) is 1.36. The molecule has 0 nitrogen and oxygen atoms in total. The molecular formula is C2Br2ClI. The molecule has 0 radical (unpaired) electrons. The number of rotatable bonds is 0. The first-order valence-electron chi connectivity index (χ1n) is 1.01. The summed E-state index contributed by atoms with van der Waals surface area (Å²) in [5, 5.41) is 0. The van der Waals surface area contributed by atoms with Gasteiger partial charge < -0.3 is 0 Å². The Labute approximate surface area is 71.7 Å². The second kappa shape index (κ2) is 3.69. The lowest BCUT2D eigenvalue weighted by Gasteiger charge is -1.77. The second-order valence-corrected chi connectivity index (χ2v) is 5.50. The molecule has 0 aliphatic heterocycles. The van der Waals surface area contributed by atoms with Gasteiger partial charge in [0, 0.05) is 0 Å². The van der Waals surface area contributed by atoms with Crippen molar-refractivity contribution >= 4 is 66.1 Å². The molecule has 0 atom stereocenters. The predicted octanol–water partition coefficient (Wildman–Crippen LogP) is 3.58. The summed E-state index contributed by atoms with van der Waals surface area (Å²) in [6, 6.07) is 0. The summed E-state index contributed by atoms with van der Waals surface area (Å²) in [5.41, 5.74) is 0. The number of halogens is 4. The zero-order valence-corrected chi connectivity index (χ0v) is 8.60. The third-order valence-corrected chi connectivity index (χ3v) is 3.48. The molecule has 0 spiro atoms. The first-order chi connectivity index (χ1) is 2.64. The highest BCUT2D eigenvalue weighted by molar-refractivity contribution is 14.1. The summed E-state index contributed by atoms with van der Waals surface area (Å²) >= 11 is 13.6. The van der Waals surface area contributed by atoms with E-state index in [-0.39, 0.29) is 0 Å². The molecule has 0 aliphatic rings. The number of hydrogen-bond acceptors (Lipinski definition) is 0. The van der Waals surface area contributed by atoms with Crippen LogP contribution in [0.15, 0.2) is 6.43 Å². The molecule has 0 aromatic rings. The Hall–Kier alpha value is 1.72. The minimum Gasteiger partial charge on any atom is -0.0744 e. The third kappa shape index (κ3) is 3.89. The Bertz CT molecular complexity index is 61.6. The summed E-state index contributed by atoms with van der Waals surface area (Å²) in [4.78, 5) is 0. The van der Waals surface area contributed by atoms with E-state index in [0.717, 1.165) is 2.49 Å². The van der Waals surface area contributed by atoms with Crippen molar-refractivity contribution in [2.45, 2.75) is 0 Å². The van der Waals surface area contributed by atoms with Gasteiger partial charge >= 0.3 is 0 Å². The third-order valence-electron chi connectivity index (χ3n) is 0.143. The highest BCUT2D eigenvalue weighted by Crippen LogP contribution is 2.26. The van der Waals surface area contributed by atoms with Gasteiger partial charge in [0.2, 0.25) is 0 Å². The molecule has 36 valence electrons. The van der Waals surface area contributed by atoms with Crippen LogP contribution >= 0.6 is 66.1 Å². The summed E-state index contributed by atoms with van der Waals surface area (Å²) < 4.78 is 1.50. The molecule has 0 saturated heterocycles. The molecule has 0 aliphatic carbocycles. The molecule has 0 aromatic carbocycles. The van der Waals surface area contributed by atoms with Crippen LogP contribution in [0.1, 0.15) is 0 Å². The molecule has 4 heteroatoms. The van der Waals surface area contributed by atoms with Gasteiger partial charge in [0.1, 0.15) is 3.94 Å². The fourth-order valence-corrected chi connectivity index (χ4v) is 0. The van der Waals surface area contributed by atoms with Crippen molar-refractivity contribution in [2.24, 2.45) is 0 Å². The highest BCUT2D eigenvalue weighted by atomic mass is 127. The highest BCUT2D eigenvalue weighted by Gasteiger charge is 1.86. The Morgan fingerprint density at radius 3 is 1.67 bits per heavy atom. The van der Waals surface area contributed by atoms with Crippen LogP contribution in [0.4, 0.5) is 0 Å². The molecule has 0 rings (SSSR count). The maximum Gasteiger partial charge on any atom is 0.104 e.